The van der Waals surface area contributed by atoms with Crippen molar-refractivity contribution in [3.8, 4) is 0 Å². The van der Waals surface area contributed by atoms with Gasteiger partial charge in [0.05, 0.1) is 18.3 Å². The Hall–Kier alpha value is -1.68. The van der Waals surface area contributed by atoms with Crippen molar-refractivity contribution in [3.05, 3.63) is 30.5 Å². The summed E-state index contributed by atoms with van der Waals surface area (Å²) < 4.78 is 5.69. The molecule has 94 valence electrons. The van der Waals surface area contributed by atoms with Crippen LogP contribution in [-0.2, 0) is 4.74 Å². The second-order valence-corrected chi connectivity index (χ2v) is 4.76. The van der Waals surface area contributed by atoms with Gasteiger partial charge >= 0.3 is 0 Å². The number of benzene rings is 1. The van der Waals surface area contributed by atoms with Crippen LogP contribution in [0.25, 0.3) is 10.8 Å². The molecular weight excluding hydrogens is 226 g/mol. The minimum Gasteiger partial charge on any atom is -0.376 e. The first-order valence-electron chi connectivity index (χ1n) is 6.43. The summed E-state index contributed by atoms with van der Waals surface area (Å²) in [6, 6.07) is 8.40. The van der Waals surface area contributed by atoms with Crippen LogP contribution < -0.4 is 5.32 Å². The van der Waals surface area contributed by atoms with E-state index in [1.165, 1.54) is 0 Å². The van der Waals surface area contributed by atoms with Gasteiger partial charge < -0.3 is 10.1 Å². The van der Waals surface area contributed by atoms with E-state index >= 15 is 0 Å². The molecule has 1 aromatic heterocycles. The zero-order valence-electron chi connectivity index (χ0n) is 10.5. The molecular formula is C14H17N3O. The molecule has 2 heterocycles. The van der Waals surface area contributed by atoms with E-state index in [0.29, 0.717) is 0 Å². The summed E-state index contributed by atoms with van der Waals surface area (Å²) in [6.07, 6.45) is 4.34. The van der Waals surface area contributed by atoms with Gasteiger partial charge in [0.1, 0.15) is 0 Å². The number of hydrogen-bond acceptors (Lipinski definition) is 4. The minimum atomic E-state index is 0.257. The Balaban J connectivity index is 1.85. The van der Waals surface area contributed by atoms with Gasteiger partial charge in [0.25, 0.3) is 0 Å². The van der Waals surface area contributed by atoms with Gasteiger partial charge in [-0.05, 0) is 19.8 Å². The molecule has 0 bridgehead atoms. The average molecular weight is 243 g/mol. The largest absolute Gasteiger partial charge is 0.376 e. The van der Waals surface area contributed by atoms with Crippen molar-refractivity contribution >= 4 is 16.6 Å². The van der Waals surface area contributed by atoms with Gasteiger partial charge in [0, 0.05) is 17.4 Å². The van der Waals surface area contributed by atoms with Crippen LogP contribution in [0.2, 0.25) is 0 Å². The highest BCUT2D eigenvalue weighted by atomic mass is 16.5. The lowest BCUT2D eigenvalue weighted by molar-refractivity contribution is 0.0996. The van der Waals surface area contributed by atoms with E-state index in [9.17, 15) is 0 Å². The number of nitrogens with zero attached hydrogens (tertiary/aromatic N) is 2. The van der Waals surface area contributed by atoms with Crippen molar-refractivity contribution in [2.75, 3.05) is 11.9 Å². The maximum Gasteiger partial charge on any atom is 0.156 e. The molecule has 0 saturated carbocycles. The molecule has 1 aromatic carbocycles. The number of hydrogen-bond donors (Lipinski definition) is 1. The van der Waals surface area contributed by atoms with Gasteiger partial charge in [-0.25, -0.2) is 0 Å². The Kier molecular flexibility index (Phi) is 3.11. The van der Waals surface area contributed by atoms with Crippen LogP contribution in [0.15, 0.2) is 30.5 Å². The van der Waals surface area contributed by atoms with E-state index < -0.39 is 0 Å². The molecule has 2 unspecified atom stereocenters. The third-order valence-electron chi connectivity index (χ3n) is 3.46. The number of nitrogens with one attached hydrogen (secondary N) is 1. The van der Waals surface area contributed by atoms with Gasteiger partial charge in [0.15, 0.2) is 5.82 Å². The second kappa shape index (κ2) is 4.90. The zero-order valence-corrected chi connectivity index (χ0v) is 10.5. The Labute approximate surface area is 106 Å². The number of fused-ring (bicyclic) bond motifs is 1. The van der Waals surface area contributed by atoms with Gasteiger partial charge in [-0.1, -0.05) is 24.3 Å². The van der Waals surface area contributed by atoms with Crippen LogP contribution >= 0.6 is 0 Å². The van der Waals surface area contributed by atoms with Crippen molar-refractivity contribution in [1.82, 2.24) is 10.2 Å². The van der Waals surface area contributed by atoms with Crippen LogP contribution in [0.3, 0.4) is 0 Å². The van der Waals surface area contributed by atoms with Gasteiger partial charge in [0.2, 0.25) is 0 Å². The molecule has 0 spiro atoms. The van der Waals surface area contributed by atoms with E-state index in [1.807, 2.05) is 18.2 Å². The Bertz CT molecular complexity index is 532. The lowest BCUT2D eigenvalue weighted by atomic mass is 10.1. The number of aromatic nitrogens is 2. The van der Waals surface area contributed by atoms with Gasteiger partial charge in [-0.15, -0.1) is 5.10 Å². The first-order valence-corrected chi connectivity index (χ1v) is 6.43. The molecule has 1 aliphatic rings. The highest BCUT2D eigenvalue weighted by Crippen LogP contribution is 2.23. The molecule has 1 aliphatic heterocycles. The van der Waals surface area contributed by atoms with Gasteiger partial charge in [-0.3, -0.25) is 0 Å². The van der Waals surface area contributed by atoms with E-state index in [1.54, 1.807) is 6.20 Å². The average Bonchev–Trinajstić information content (AvgIpc) is 2.93. The maximum absolute atomic E-state index is 5.69. The summed E-state index contributed by atoms with van der Waals surface area (Å²) in [5, 5.41) is 13.9. The van der Waals surface area contributed by atoms with Gasteiger partial charge in [-0.2, -0.15) is 5.10 Å². The molecule has 18 heavy (non-hydrogen) atoms. The standard InChI is InChI=1S/C14H17N3O/c1-10(13-7-4-8-18-13)16-14-12-6-3-2-5-11(12)9-15-17-14/h2-3,5-6,9-10,13H,4,7-8H2,1H3,(H,16,17). The summed E-state index contributed by atoms with van der Waals surface area (Å²) in [6.45, 7) is 3.01. The highest BCUT2D eigenvalue weighted by Gasteiger charge is 2.22. The normalized spacial score (nSPS) is 21.1. The van der Waals surface area contributed by atoms with E-state index in [4.69, 9.17) is 4.74 Å². The van der Waals surface area contributed by atoms with Crippen molar-refractivity contribution in [2.24, 2.45) is 0 Å². The molecule has 0 amide bonds. The topological polar surface area (TPSA) is 47.0 Å². The fourth-order valence-corrected chi connectivity index (χ4v) is 2.44. The van der Waals surface area contributed by atoms with E-state index in [2.05, 4.69) is 28.5 Å². The summed E-state index contributed by atoms with van der Waals surface area (Å²) >= 11 is 0. The molecule has 4 heteroatoms. The second-order valence-electron chi connectivity index (χ2n) is 4.76. The van der Waals surface area contributed by atoms with Crippen molar-refractivity contribution in [2.45, 2.75) is 31.9 Å². The van der Waals surface area contributed by atoms with Crippen LogP contribution in [0, 0.1) is 0 Å². The van der Waals surface area contributed by atoms with Crippen LogP contribution in [0.4, 0.5) is 5.82 Å². The Morgan fingerprint density at radius 2 is 2.28 bits per heavy atom. The van der Waals surface area contributed by atoms with Crippen LogP contribution in [0.1, 0.15) is 19.8 Å². The van der Waals surface area contributed by atoms with Crippen molar-refractivity contribution in [1.29, 1.82) is 0 Å². The summed E-state index contributed by atoms with van der Waals surface area (Å²) in [5.74, 6) is 0.844. The fourth-order valence-electron chi connectivity index (χ4n) is 2.44. The SMILES string of the molecule is CC(Nc1nncc2ccccc12)C1CCCO1. The monoisotopic (exact) mass is 243 g/mol. The third kappa shape index (κ3) is 2.16. The predicted octanol–water partition coefficient (Wildman–Crippen LogP) is 2.61. The minimum absolute atomic E-state index is 0.257. The number of ether oxygens (including phenoxy) is 1. The van der Waals surface area contributed by atoms with Crippen molar-refractivity contribution < 1.29 is 4.74 Å². The third-order valence-corrected chi connectivity index (χ3v) is 3.46. The molecule has 1 N–H and O–H groups in total. The lowest BCUT2D eigenvalue weighted by Gasteiger charge is -2.20. The fraction of sp³-hybridized carbons (Fsp3) is 0.429. The predicted molar refractivity (Wildman–Crippen MR) is 71.6 cm³/mol. The van der Waals surface area contributed by atoms with Crippen LogP contribution in [0.5, 0.6) is 0 Å². The molecule has 3 rings (SSSR count). The Morgan fingerprint density at radius 1 is 1.39 bits per heavy atom. The van der Waals surface area contributed by atoms with Crippen LogP contribution in [-0.4, -0.2) is 29.0 Å². The smallest absolute Gasteiger partial charge is 0.156 e. The van der Waals surface area contributed by atoms with Crippen molar-refractivity contribution in [3.63, 3.8) is 0 Å². The number of rotatable bonds is 3. The van der Waals surface area contributed by atoms with E-state index in [-0.39, 0.29) is 12.1 Å². The zero-order chi connectivity index (χ0) is 12.4. The Morgan fingerprint density at radius 3 is 3.11 bits per heavy atom. The first kappa shape index (κ1) is 11.4. The molecule has 4 nitrogen and oxygen atoms in total. The first-order chi connectivity index (χ1) is 8.84. The highest BCUT2D eigenvalue weighted by molar-refractivity contribution is 5.90. The molecule has 2 atom stereocenters. The molecule has 1 saturated heterocycles. The quantitative estimate of drug-likeness (QED) is 0.900. The molecule has 0 aliphatic carbocycles. The lowest BCUT2D eigenvalue weighted by Crippen LogP contribution is -2.30. The summed E-state index contributed by atoms with van der Waals surface area (Å²) in [4.78, 5) is 0. The molecule has 2 aromatic rings. The summed E-state index contributed by atoms with van der Waals surface area (Å²) in [7, 11) is 0. The summed E-state index contributed by atoms with van der Waals surface area (Å²) in [5.41, 5.74) is 0. The molecule has 1 fully saturated rings. The molecule has 0 radical (unpaired) electrons. The number of anilines is 1. The maximum atomic E-state index is 5.69. The van der Waals surface area contributed by atoms with E-state index in [0.717, 1.165) is 36.0 Å².